The lowest BCUT2D eigenvalue weighted by Crippen LogP contribution is -2.55. The normalized spacial score (nSPS) is 24.4. The molecule has 5 nitrogen and oxygen atoms in total. The number of nitrogens with zero attached hydrogens (tertiary/aromatic N) is 3. The molecule has 2 saturated heterocycles. The van der Waals surface area contributed by atoms with E-state index in [4.69, 9.17) is 4.74 Å². The van der Waals surface area contributed by atoms with E-state index in [0.717, 1.165) is 19.0 Å². The summed E-state index contributed by atoms with van der Waals surface area (Å²) in [6.07, 6.45) is -1.94. The number of likely N-dealkylation sites (tertiary alicyclic amines) is 1. The maximum Gasteiger partial charge on any atom is 0.434 e. The van der Waals surface area contributed by atoms with E-state index in [1.54, 1.807) is 11.9 Å². The molecular weight excluding hydrogens is 311 g/mol. The Morgan fingerprint density at radius 2 is 2.13 bits per heavy atom. The highest BCUT2D eigenvalue weighted by Gasteiger charge is 2.45. The van der Waals surface area contributed by atoms with Gasteiger partial charge >= 0.3 is 6.18 Å². The molecule has 8 heteroatoms. The fourth-order valence-electron chi connectivity index (χ4n) is 3.28. The third kappa shape index (κ3) is 2.96. The summed E-state index contributed by atoms with van der Waals surface area (Å²) in [5.41, 5.74) is -1.36. The fourth-order valence-corrected chi connectivity index (χ4v) is 3.28. The molecule has 1 amide bonds. The third-order valence-electron chi connectivity index (χ3n) is 4.63. The molecule has 23 heavy (non-hydrogen) atoms. The molecule has 1 atom stereocenters. The average Bonchev–Trinajstić information content (AvgIpc) is 2.86. The highest BCUT2D eigenvalue weighted by atomic mass is 19.4. The highest BCUT2D eigenvalue weighted by molar-refractivity contribution is 5.83. The van der Waals surface area contributed by atoms with E-state index in [9.17, 15) is 18.0 Å². The van der Waals surface area contributed by atoms with Gasteiger partial charge in [0.2, 0.25) is 5.91 Å². The van der Waals surface area contributed by atoms with E-state index in [2.05, 4.69) is 4.98 Å². The minimum atomic E-state index is -4.45. The van der Waals surface area contributed by atoms with Crippen molar-refractivity contribution in [2.45, 2.75) is 31.9 Å². The first kappa shape index (κ1) is 16.3. The minimum Gasteiger partial charge on any atom is -0.379 e. The van der Waals surface area contributed by atoms with Gasteiger partial charge in [0.1, 0.15) is 5.82 Å². The van der Waals surface area contributed by atoms with Crippen LogP contribution >= 0.6 is 0 Å². The molecule has 128 valence electrons. The van der Waals surface area contributed by atoms with Gasteiger partial charge in [-0.3, -0.25) is 4.79 Å². The Kier molecular flexibility index (Phi) is 3.90. The Bertz CT molecular complexity index is 608. The molecule has 0 spiro atoms. The molecule has 1 aromatic heterocycles. The van der Waals surface area contributed by atoms with Gasteiger partial charge in [-0.2, -0.15) is 13.2 Å². The van der Waals surface area contributed by atoms with Crippen LogP contribution in [0, 0.1) is 5.41 Å². The van der Waals surface area contributed by atoms with E-state index in [0.29, 0.717) is 32.1 Å². The molecule has 0 aliphatic carbocycles. The molecule has 0 radical (unpaired) electrons. The highest BCUT2D eigenvalue weighted by Crippen LogP contribution is 2.35. The molecule has 1 aromatic rings. The topological polar surface area (TPSA) is 47.4 Å². The first-order chi connectivity index (χ1) is 10.7. The van der Waals surface area contributed by atoms with Gasteiger partial charge in [-0.1, -0.05) is 0 Å². The Balaban J connectivity index is 1.76. The van der Waals surface area contributed by atoms with Gasteiger partial charge in [0.05, 0.1) is 18.6 Å². The number of piperidine rings is 1. The predicted octanol–water partition coefficient (Wildman–Crippen LogP) is 2.18. The molecule has 2 aliphatic rings. The lowest BCUT2D eigenvalue weighted by Gasteiger charge is -2.42. The maximum absolute atomic E-state index is 12.8. The van der Waals surface area contributed by atoms with Gasteiger partial charge in [-0.15, -0.1) is 0 Å². The van der Waals surface area contributed by atoms with E-state index in [1.165, 1.54) is 4.57 Å². The summed E-state index contributed by atoms with van der Waals surface area (Å²) in [7, 11) is 1.57. The van der Waals surface area contributed by atoms with Gasteiger partial charge in [-0.25, -0.2) is 4.98 Å². The summed E-state index contributed by atoms with van der Waals surface area (Å²) in [5.74, 6) is 0.252. The van der Waals surface area contributed by atoms with Crippen molar-refractivity contribution in [2.24, 2.45) is 12.5 Å². The van der Waals surface area contributed by atoms with Crippen molar-refractivity contribution < 1.29 is 22.7 Å². The number of hydrogen-bond donors (Lipinski definition) is 0. The van der Waals surface area contributed by atoms with Gasteiger partial charge in [0, 0.05) is 32.3 Å². The standard InChI is InChI=1S/C15H20F3N3O2/c1-14(8-23-9-14)13(22)21-5-3-4-10(6-21)12-19-11(7-20(12)2)15(16,17)18/h7,10H,3-6,8-9H2,1-2H3/t10-/m1/s1. The van der Waals surface area contributed by atoms with Crippen molar-refractivity contribution in [1.29, 1.82) is 0 Å². The third-order valence-corrected chi connectivity index (χ3v) is 4.63. The zero-order valence-electron chi connectivity index (χ0n) is 13.2. The number of alkyl halides is 3. The quantitative estimate of drug-likeness (QED) is 0.834. The van der Waals surface area contributed by atoms with Crippen LogP contribution in [0.1, 0.15) is 37.2 Å². The second-order valence-corrected chi connectivity index (χ2v) is 6.74. The van der Waals surface area contributed by atoms with Crippen LogP contribution in [0.5, 0.6) is 0 Å². The number of rotatable bonds is 2. The Morgan fingerprint density at radius 3 is 2.65 bits per heavy atom. The van der Waals surface area contributed by atoms with E-state index in [-0.39, 0.29) is 11.8 Å². The zero-order chi connectivity index (χ0) is 16.8. The molecule has 0 saturated carbocycles. The summed E-state index contributed by atoms with van der Waals surface area (Å²) < 4.78 is 45.0. The molecule has 0 unspecified atom stereocenters. The monoisotopic (exact) mass is 331 g/mol. The van der Waals surface area contributed by atoms with Gasteiger partial charge < -0.3 is 14.2 Å². The van der Waals surface area contributed by atoms with Crippen molar-refractivity contribution in [1.82, 2.24) is 14.5 Å². The van der Waals surface area contributed by atoms with Crippen LogP contribution in [0.15, 0.2) is 6.20 Å². The number of amides is 1. The molecule has 2 fully saturated rings. The van der Waals surface area contributed by atoms with Crippen LogP contribution in [0.2, 0.25) is 0 Å². The summed E-state index contributed by atoms with van der Waals surface area (Å²) in [5, 5.41) is 0. The van der Waals surface area contributed by atoms with Crippen molar-refractivity contribution in [3.63, 3.8) is 0 Å². The number of aromatic nitrogens is 2. The van der Waals surface area contributed by atoms with E-state index >= 15 is 0 Å². The zero-order valence-corrected chi connectivity index (χ0v) is 13.2. The lowest BCUT2D eigenvalue weighted by molar-refractivity contribution is -0.170. The molecule has 3 rings (SSSR count). The van der Waals surface area contributed by atoms with Crippen LogP contribution in [0.4, 0.5) is 13.2 Å². The van der Waals surface area contributed by atoms with Crippen LogP contribution in [0.3, 0.4) is 0 Å². The van der Waals surface area contributed by atoms with Crippen LogP contribution in [-0.2, 0) is 22.8 Å². The van der Waals surface area contributed by atoms with Crippen molar-refractivity contribution in [3.05, 3.63) is 17.7 Å². The maximum atomic E-state index is 12.8. The lowest BCUT2D eigenvalue weighted by atomic mass is 9.85. The number of carbonyl (C=O) groups excluding carboxylic acids is 1. The Hall–Kier alpha value is -1.57. The SMILES string of the molecule is Cn1cc(C(F)(F)F)nc1[C@@H]1CCCN(C(=O)C2(C)COC2)C1. The summed E-state index contributed by atoms with van der Waals surface area (Å²) in [4.78, 5) is 18.1. The van der Waals surface area contributed by atoms with Gasteiger partial charge in [0.25, 0.3) is 0 Å². The molecule has 0 N–H and O–H groups in total. The van der Waals surface area contributed by atoms with Crippen molar-refractivity contribution in [3.8, 4) is 0 Å². The van der Waals surface area contributed by atoms with Crippen molar-refractivity contribution in [2.75, 3.05) is 26.3 Å². The largest absolute Gasteiger partial charge is 0.434 e. The molecule has 3 heterocycles. The Labute approximate surface area is 132 Å². The van der Waals surface area contributed by atoms with Gasteiger partial charge in [0.15, 0.2) is 5.69 Å². The first-order valence-corrected chi connectivity index (χ1v) is 7.68. The molecule has 2 aliphatic heterocycles. The van der Waals surface area contributed by atoms with Gasteiger partial charge in [-0.05, 0) is 19.8 Å². The number of imidazole rings is 1. The number of ether oxygens (including phenoxy) is 1. The molecule has 0 aromatic carbocycles. The summed E-state index contributed by atoms with van der Waals surface area (Å²) in [6.45, 7) is 3.74. The van der Waals surface area contributed by atoms with E-state index < -0.39 is 17.3 Å². The predicted molar refractivity (Wildman–Crippen MR) is 75.7 cm³/mol. The molecular formula is C15H20F3N3O2. The van der Waals surface area contributed by atoms with Crippen LogP contribution < -0.4 is 0 Å². The number of carbonyl (C=O) groups is 1. The average molecular weight is 331 g/mol. The Morgan fingerprint density at radius 1 is 1.43 bits per heavy atom. The minimum absolute atomic E-state index is 0.0266. The number of halogens is 3. The van der Waals surface area contributed by atoms with Crippen molar-refractivity contribution >= 4 is 5.91 Å². The second-order valence-electron chi connectivity index (χ2n) is 6.74. The fraction of sp³-hybridized carbons (Fsp3) is 0.733. The summed E-state index contributed by atoms with van der Waals surface area (Å²) >= 11 is 0. The first-order valence-electron chi connectivity index (χ1n) is 7.68. The number of aryl methyl sites for hydroxylation is 1. The second kappa shape index (κ2) is 5.51. The summed E-state index contributed by atoms with van der Waals surface area (Å²) in [6, 6.07) is 0. The smallest absolute Gasteiger partial charge is 0.379 e. The molecule has 0 bridgehead atoms. The van der Waals surface area contributed by atoms with Crippen LogP contribution in [-0.4, -0.2) is 46.7 Å². The number of hydrogen-bond acceptors (Lipinski definition) is 3. The van der Waals surface area contributed by atoms with E-state index in [1.807, 2.05) is 6.92 Å². The van der Waals surface area contributed by atoms with Crippen LogP contribution in [0.25, 0.3) is 0 Å².